The van der Waals surface area contributed by atoms with Gasteiger partial charge in [0.25, 0.3) is 5.91 Å². The van der Waals surface area contributed by atoms with E-state index in [4.69, 9.17) is 4.74 Å². The maximum atomic E-state index is 12.8. The number of hydrogen-bond acceptors (Lipinski definition) is 5. The van der Waals surface area contributed by atoms with Crippen LogP contribution in [-0.2, 0) is 10.0 Å². The number of methoxy groups -OCH3 is 1. The van der Waals surface area contributed by atoms with E-state index in [2.05, 4.69) is 5.32 Å². The number of sulfonamides is 1. The van der Waals surface area contributed by atoms with Crippen LogP contribution in [-0.4, -0.2) is 64.4 Å². The first-order valence-corrected chi connectivity index (χ1v) is 11.5. The summed E-state index contributed by atoms with van der Waals surface area (Å²) in [6.45, 7) is 1.44. The Morgan fingerprint density at radius 1 is 1.13 bits per heavy atom. The molecule has 1 heterocycles. The van der Waals surface area contributed by atoms with Crippen molar-refractivity contribution in [2.45, 2.75) is 23.8 Å². The number of amides is 1. The van der Waals surface area contributed by atoms with E-state index >= 15 is 0 Å². The van der Waals surface area contributed by atoms with Crippen molar-refractivity contribution in [3.63, 3.8) is 0 Å². The fraction of sp³-hybridized carbons (Fsp3) is 0.409. The molecule has 1 amide bonds. The molecular formula is C22H29N3O4S. The van der Waals surface area contributed by atoms with Crippen LogP contribution in [0.5, 0.6) is 5.75 Å². The number of carbonyl (C=O) groups is 1. The molecule has 1 aliphatic rings. The van der Waals surface area contributed by atoms with Gasteiger partial charge >= 0.3 is 0 Å². The molecule has 0 aliphatic carbocycles. The van der Waals surface area contributed by atoms with Crippen molar-refractivity contribution in [2.24, 2.45) is 0 Å². The molecule has 0 spiro atoms. The quantitative estimate of drug-likeness (QED) is 0.695. The summed E-state index contributed by atoms with van der Waals surface area (Å²) in [5, 5.41) is 2.93. The Morgan fingerprint density at radius 3 is 2.50 bits per heavy atom. The number of ether oxygens (including phenoxy) is 1. The molecule has 1 fully saturated rings. The number of hydrogen-bond donors (Lipinski definition) is 1. The molecule has 2 aromatic rings. The van der Waals surface area contributed by atoms with Gasteiger partial charge in [0.15, 0.2) is 0 Å². The van der Waals surface area contributed by atoms with Gasteiger partial charge in [0.05, 0.1) is 18.0 Å². The summed E-state index contributed by atoms with van der Waals surface area (Å²) in [5.74, 6) is 0.453. The van der Waals surface area contributed by atoms with Crippen LogP contribution in [0, 0.1) is 0 Å². The Labute approximate surface area is 178 Å². The van der Waals surface area contributed by atoms with E-state index in [1.165, 1.54) is 10.4 Å². The average molecular weight is 432 g/mol. The van der Waals surface area contributed by atoms with Gasteiger partial charge in [0.1, 0.15) is 5.75 Å². The summed E-state index contributed by atoms with van der Waals surface area (Å²) >= 11 is 0. The Bertz CT molecular complexity index is 985. The van der Waals surface area contributed by atoms with Crippen LogP contribution in [0.25, 0.3) is 0 Å². The second-order valence-electron chi connectivity index (χ2n) is 7.61. The fourth-order valence-corrected chi connectivity index (χ4v) is 5.18. The minimum atomic E-state index is -3.56. The summed E-state index contributed by atoms with van der Waals surface area (Å²) in [6.07, 6.45) is 1.74. The predicted molar refractivity (Wildman–Crippen MR) is 116 cm³/mol. The van der Waals surface area contributed by atoms with Crippen LogP contribution in [0.2, 0.25) is 0 Å². The van der Waals surface area contributed by atoms with E-state index in [0.717, 1.165) is 24.2 Å². The summed E-state index contributed by atoms with van der Waals surface area (Å²) in [4.78, 5) is 14.9. The Hall–Kier alpha value is -2.42. The average Bonchev–Trinajstić information content (AvgIpc) is 3.29. The highest BCUT2D eigenvalue weighted by Crippen LogP contribution is 2.23. The number of carbonyl (C=O) groups excluding carboxylic acids is 1. The summed E-state index contributed by atoms with van der Waals surface area (Å²) in [6, 6.07) is 13.9. The minimum absolute atomic E-state index is 0.0550. The molecule has 0 aromatic heterocycles. The van der Waals surface area contributed by atoms with Gasteiger partial charge in [-0.25, -0.2) is 8.42 Å². The van der Waals surface area contributed by atoms with Gasteiger partial charge in [-0.3, -0.25) is 4.79 Å². The third-order valence-corrected chi connectivity index (χ3v) is 7.25. The molecule has 0 saturated carbocycles. The van der Waals surface area contributed by atoms with Crippen molar-refractivity contribution in [2.75, 3.05) is 40.8 Å². The monoisotopic (exact) mass is 431 g/mol. The Kier molecular flexibility index (Phi) is 7.12. The molecule has 2 aromatic carbocycles. The number of nitrogens with one attached hydrogen (secondary N) is 1. The lowest BCUT2D eigenvalue weighted by molar-refractivity contribution is 0.0941. The maximum Gasteiger partial charge on any atom is 0.251 e. The molecule has 0 bridgehead atoms. The molecule has 1 aliphatic heterocycles. The minimum Gasteiger partial charge on any atom is -0.497 e. The first kappa shape index (κ1) is 22.3. The number of rotatable bonds is 8. The van der Waals surface area contributed by atoms with Crippen molar-refractivity contribution in [1.29, 1.82) is 0 Å². The Balaban J connectivity index is 1.73. The van der Waals surface area contributed by atoms with Gasteiger partial charge in [0, 0.05) is 25.2 Å². The first-order valence-electron chi connectivity index (χ1n) is 10.0. The second-order valence-corrected chi connectivity index (χ2v) is 9.54. The lowest BCUT2D eigenvalue weighted by Gasteiger charge is -2.25. The van der Waals surface area contributed by atoms with E-state index in [9.17, 15) is 13.2 Å². The zero-order chi connectivity index (χ0) is 21.7. The highest BCUT2D eigenvalue weighted by Gasteiger charge is 2.27. The first-order chi connectivity index (χ1) is 14.3. The third-order valence-electron chi connectivity index (χ3n) is 5.36. The highest BCUT2D eigenvalue weighted by molar-refractivity contribution is 7.89. The molecule has 1 atom stereocenters. The normalized spacial score (nSPS) is 15.9. The van der Waals surface area contributed by atoms with E-state index in [1.807, 2.05) is 43.3 Å². The molecule has 0 radical (unpaired) electrons. The summed E-state index contributed by atoms with van der Waals surface area (Å²) in [5.41, 5.74) is 1.35. The molecule has 1 saturated heterocycles. The maximum absolute atomic E-state index is 12.8. The van der Waals surface area contributed by atoms with Gasteiger partial charge in [-0.15, -0.1) is 0 Å². The van der Waals surface area contributed by atoms with E-state index in [0.29, 0.717) is 25.2 Å². The van der Waals surface area contributed by atoms with Gasteiger partial charge in [-0.1, -0.05) is 18.2 Å². The van der Waals surface area contributed by atoms with Crippen LogP contribution in [0.4, 0.5) is 0 Å². The van der Waals surface area contributed by atoms with Gasteiger partial charge < -0.3 is 15.0 Å². The van der Waals surface area contributed by atoms with Crippen LogP contribution in [0.15, 0.2) is 53.4 Å². The molecule has 162 valence electrons. The largest absolute Gasteiger partial charge is 0.497 e. The SMILES string of the molecule is COc1cccc(C(CNC(=O)c2cccc(S(=O)(=O)N3CCCC3)c2)N(C)C)c1. The van der Waals surface area contributed by atoms with Crippen LogP contribution in [0.3, 0.4) is 0 Å². The molecular weight excluding hydrogens is 402 g/mol. The lowest BCUT2D eigenvalue weighted by Crippen LogP contribution is -2.34. The molecule has 1 unspecified atom stereocenters. The zero-order valence-corrected chi connectivity index (χ0v) is 18.5. The second kappa shape index (κ2) is 9.59. The van der Waals surface area contributed by atoms with E-state index in [1.54, 1.807) is 25.3 Å². The highest BCUT2D eigenvalue weighted by atomic mass is 32.2. The standard InChI is InChI=1S/C22H29N3O4S/c1-24(2)21(17-8-6-10-19(14-17)29-3)16-23-22(26)18-9-7-11-20(15-18)30(27,28)25-12-4-5-13-25/h6-11,14-15,21H,4-5,12-13,16H2,1-3H3,(H,23,26). The summed E-state index contributed by atoms with van der Waals surface area (Å²) in [7, 11) is 1.95. The fourth-order valence-electron chi connectivity index (χ4n) is 3.61. The van der Waals surface area contributed by atoms with Crippen LogP contribution in [0.1, 0.15) is 34.8 Å². The van der Waals surface area contributed by atoms with Crippen LogP contribution >= 0.6 is 0 Å². The molecule has 1 N–H and O–H groups in total. The van der Waals surface area contributed by atoms with Crippen LogP contribution < -0.4 is 10.1 Å². The van der Waals surface area contributed by atoms with Crippen molar-refractivity contribution in [3.05, 3.63) is 59.7 Å². The van der Waals surface area contributed by atoms with Gasteiger partial charge in [-0.05, 0) is 62.8 Å². The molecule has 30 heavy (non-hydrogen) atoms. The van der Waals surface area contributed by atoms with Crippen molar-refractivity contribution in [1.82, 2.24) is 14.5 Å². The summed E-state index contributed by atoms with van der Waals surface area (Å²) < 4.78 is 32.4. The van der Waals surface area contributed by atoms with Crippen molar-refractivity contribution in [3.8, 4) is 5.75 Å². The smallest absolute Gasteiger partial charge is 0.251 e. The number of benzene rings is 2. The van der Waals surface area contributed by atoms with E-state index in [-0.39, 0.29) is 16.8 Å². The van der Waals surface area contributed by atoms with Crippen molar-refractivity contribution >= 4 is 15.9 Å². The zero-order valence-electron chi connectivity index (χ0n) is 17.7. The molecule has 7 nitrogen and oxygen atoms in total. The van der Waals surface area contributed by atoms with Gasteiger partial charge in [-0.2, -0.15) is 4.31 Å². The molecule has 3 rings (SSSR count). The Morgan fingerprint density at radius 2 is 1.83 bits per heavy atom. The number of likely N-dealkylation sites (N-methyl/N-ethyl adjacent to an activating group) is 1. The third kappa shape index (κ3) is 5.00. The topological polar surface area (TPSA) is 78.9 Å². The van der Waals surface area contributed by atoms with E-state index < -0.39 is 10.0 Å². The number of nitrogens with zero attached hydrogens (tertiary/aromatic N) is 2. The van der Waals surface area contributed by atoms with Crippen molar-refractivity contribution < 1.29 is 17.9 Å². The predicted octanol–water partition coefficient (Wildman–Crippen LogP) is 2.51. The van der Waals surface area contributed by atoms with Gasteiger partial charge in [0.2, 0.25) is 10.0 Å². The molecule has 8 heteroatoms. The lowest BCUT2D eigenvalue weighted by atomic mass is 10.1.